The van der Waals surface area contributed by atoms with Gasteiger partial charge in [0.05, 0.1) is 12.7 Å². The predicted molar refractivity (Wildman–Crippen MR) is 95.4 cm³/mol. The van der Waals surface area contributed by atoms with Gasteiger partial charge in [-0.25, -0.2) is 4.79 Å². The molecule has 1 rings (SSSR count). The maximum absolute atomic E-state index is 11.4. The van der Waals surface area contributed by atoms with Crippen LogP contribution in [0.5, 0.6) is 0 Å². The van der Waals surface area contributed by atoms with Crippen LogP contribution in [0.2, 0.25) is 0 Å². The largest absolute Gasteiger partial charge is 0.464 e. The second-order valence-electron chi connectivity index (χ2n) is 6.16. The molecule has 0 radical (unpaired) electrons. The zero-order valence-electron chi connectivity index (χ0n) is 15.0. The summed E-state index contributed by atoms with van der Waals surface area (Å²) >= 11 is 0. The molecule has 0 bridgehead atoms. The number of hydrogen-bond acceptors (Lipinski definition) is 3. The molecule has 0 aromatic rings. The van der Waals surface area contributed by atoms with E-state index in [1.54, 1.807) is 0 Å². The van der Waals surface area contributed by atoms with E-state index in [4.69, 9.17) is 9.47 Å². The summed E-state index contributed by atoms with van der Waals surface area (Å²) in [6.07, 6.45) is 20.9. The topological polar surface area (TPSA) is 38.8 Å². The van der Waals surface area contributed by atoms with Crippen LogP contribution in [0.4, 0.5) is 0 Å². The molecule has 0 aromatic heterocycles. The summed E-state index contributed by atoms with van der Waals surface area (Å²) in [5.41, 5.74) is 0. The van der Waals surface area contributed by atoms with Crippen LogP contribution in [0, 0.1) is 0 Å². The number of ether oxygens (including phenoxy) is 2. The summed E-state index contributed by atoms with van der Waals surface area (Å²) in [5, 5.41) is 0. The van der Waals surface area contributed by atoms with Crippen LogP contribution in [0.3, 0.4) is 0 Å². The maximum atomic E-state index is 11.4. The van der Waals surface area contributed by atoms with Gasteiger partial charge in [0.25, 0.3) is 0 Å². The molecule has 3 heteroatoms. The number of esters is 1. The zero-order valence-corrected chi connectivity index (χ0v) is 15.0. The zero-order chi connectivity index (χ0) is 16.8. The third-order valence-electron chi connectivity index (χ3n) is 4.04. The van der Waals surface area contributed by atoms with Crippen molar-refractivity contribution in [2.24, 2.45) is 0 Å². The van der Waals surface area contributed by atoms with Crippen molar-refractivity contribution >= 4 is 5.97 Å². The SMILES string of the molecule is CCCCC/C=C\C/C=C\CCCCCC1OC1C(=O)OCC. The molecule has 3 nitrogen and oxygen atoms in total. The number of carbonyl (C=O) groups excluding carboxylic acids is 1. The van der Waals surface area contributed by atoms with E-state index >= 15 is 0 Å². The van der Waals surface area contributed by atoms with Gasteiger partial charge in [-0.3, -0.25) is 0 Å². The van der Waals surface area contributed by atoms with E-state index in [0.29, 0.717) is 6.61 Å². The van der Waals surface area contributed by atoms with Gasteiger partial charge in [-0.15, -0.1) is 0 Å². The number of allylic oxidation sites excluding steroid dienone is 4. The average molecular weight is 322 g/mol. The molecule has 1 saturated heterocycles. The minimum absolute atomic E-state index is 0.113. The molecule has 0 N–H and O–H groups in total. The summed E-state index contributed by atoms with van der Waals surface area (Å²) in [4.78, 5) is 11.4. The highest BCUT2D eigenvalue weighted by atomic mass is 16.6. The first-order chi connectivity index (χ1) is 11.3. The van der Waals surface area contributed by atoms with E-state index in [1.807, 2.05) is 6.92 Å². The normalized spacial score (nSPS) is 20.4. The molecule has 2 unspecified atom stereocenters. The molecule has 132 valence electrons. The van der Waals surface area contributed by atoms with Crippen molar-refractivity contribution in [2.75, 3.05) is 6.61 Å². The number of hydrogen-bond donors (Lipinski definition) is 0. The second kappa shape index (κ2) is 13.4. The van der Waals surface area contributed by atoms with Crippen LogP contribution >= 0.6 is 0 Å². The molecule has 0 spiro atoms. The average Bonchev–Trinajstić information content (AvgIpc) is 3.32. The van der Waals surface area contributed by atoms with Gasteiger partial charge in [-0.1, -0.05) is 56.9 Å². The number of epoxide rings is 1. The first-order valence-corrected chi connectivity index (χ1v) is 9.41. The first kappa shape index (κ1) is 20.0. The lowest BCUT2D eigenvalue weighted by molar-refractivity contribution is -0.144. The second-order valence-corrected chi connectivity index (χ2v) is 6.16. The van der Waals surface area contributed by atoms with Crippen LogP contribution in [0.1, 0.15) is 78.1 Å². The summed E-state index contributed by atoms with van der Waals surface area (Å²) in [6.45, 7) is 4.50. The van der Waals surface area contributed by atoms with Crippen LogP contribution < -0.4 is 0 Å². The van der Waals surface area contributed by atoms with Crippen LogP contribution in [0.15, 0.2) is 24.3 Å². The van der Waals surface area contributed by atoms with Crippen LogP contribution in [0.25, 0.3) is 0 Å². The Hall–Kier alpha value is -1.09. The van der Waals surface area contributed by atoms with Gasteiger partial charge in [0.1, 0.15) is 0 Å². The molecule has 0 amide bonds. The first-order valence-electron chi connectivity index (χ1n) is 9.41. The van der Waals surface area contributed by atoms with Gasteiger partial charge in [-0.05, 0) is 45.4 Å². The van der Waals surface area contributed by atoms with Crippen molar-refractivity contribution in [3.05, 3.63) is 24.3 Å². The van der Waals surface area contributed by atoms with E-state index < -0.39 is 0 Å². The Morgan fingerprint density at radius 1 is 0.957 bits per heavy atom. The highest BCUT2D eigenvalue weighted by Crippen LogP contribution is 2.28. The molecule has 1 aliphatic heterocycles. The quantitative estimate of drug-likeness (QED) is 0.187. The molecule has 0 saturated carbocycles. The van der Waals surface area contributed by atoms with Crippen LogP contribution in [-0.4, -0.2) is 24.8 Å². The van der Waals surface area contributed by atoms with Gasteiger partial charge in [0, 0.05) is 0 Å². The molecule has 0 aliphatic carbocycles. The van der Waals surface area contributed by atoms with Gasteiger partial charge in [0.2, 0.25) is 0 Å². The van der Waals surface area contributed by atoms with Crippen molar-refractivity contribution in [3.63, 3.8) is 0 Å². The lowest BCUT2D eigenvalue weighted by Crippen LogP contribution is -2.13. The smallest absolute Gasteiger partial charge is 0.337 e. The Kier molecular flexibility index (Phi) is 11.6. The van der Waals surface area contributed by atoms with E-state index in [0.717, 1.165) is 25.7 Å². The van der Waals surface area contributed by atoms with E-state index in [1.165, 1.54) is 38.5 Å². The molecule has 1 fully saturated rings. The minimum atomic E-state index is -0.279. The lowest BCUT2D eigenvalue weighted by atomic mass is 10.1. The highest BCUT2D eigenvalue weighted by molar-refractivity contribution is 5.77. The monoisotopic (exact) mass is 322 g/mol. The Bertz CT molecular complexity index is 360. The predicted octanol–water partition coefficient (Wildman–Crippen LogP) is 5.35. The Morgan fingerprint density at radius 2 is 1.65 bits per heavy atom. The van der Waals surface area contributed by atoms with Gasteiger partial charge < -0.3 is 9.47 Å². The maximum Gasteiger partial charge on any atom is 0.337 e. The molecule has 2 atom stereocenters. The number of unbranched alkanes of at least 4 members (excludes halogenated alkanes) is 6. The Morgan fingerprint density at radius 3 is 2.30 bits per heavy atom. The standard InChI is InChI=1S/C20H34O3/c1-3-5-6-7-8-9-10-11-12-13-14-15-16-17-18-19(23-18)20(21)22-4-2/h8-9,11-12,18-19H,3-7,10,13-17H2,1-2H3/b9-8-,12-11-. The summed E-state index contributed by atoms with van der Waals surface area (Å²) in [7, 11) is 0. The number of carbonyl (C=O) groups is 1. The van der Waals surface area contributed by atoms with E-state index in [2.05, 4.69) is 31.2 Å². The minimum Gasteiger partial charge on any atom is -0.464 e. The van der Waals surface area contributed by atoms with Crippen molar-refractivity contribution < 1.29 is 14.3 Å². The van der Waals surface area contributed by atoms with Crippen molar-refractivity contribution in [3.8, 4) is 0 Å². The summed E-state index contributed by atoms with van der Waals surface area (Å²) in [6, 6.07) is 0. The van der Waals surface area contributed by atoms with E-state index in [9.17, 15) is 4.79 Å². The van der Waals surface area contributed by atoms with Crippen molar-refractivity contribution in [1.82, 2.24) is 0 Å². The molecule has 0 aromatic carbocycles. The van der Waals surface area contributed by atoms with Crippen molar-refractivity contribution in [1.29, 1.82) is 0 Å². The third-order valence-corrected chi connectivity index (χ3v) is 4.04. The molecule has 1 heterocycles. The van der Waals surface area contributed by atoms with Gasteiger partial charge in [-0.2, -0.15) is 0 Å². The fourth-order valence-corrected chi connectivity index (χ4v) is 2.60. The molecule has 1 aliphatic rings. The Balaban J connectivity index is 1.85. The Labute approximate surface area is 142 Å². The fourth-order valence-electron chi connectivity index (χ4n) is 2.60. The van der Waals surface area contributed by atoms with Crippen molar-refractivity contribution in [2.45, 2.75) is 90.3 Å². The summed E-state index contributed by atoms with van der Waals surface area (Å²) in [5.74, 6) is -0.191. The highest BCUT2D eigenvalue weighted by Gasteiger charge is 2.45. The van der Waals surface area contributed by atoms with Gasteiger partial charge >= 0.3 is 5.97 Å². The molecular formula is C20H34O3. The molecule has 23 heavy (non-hydrogen) atoms. The number of rotatable bonds is 14. The van der Waals surface area contributed by atoms with E-state index in [-0.39, 0.29) is 18.2 Å². The van der Waals surface area contributed by atoms with Gasteiger partial charge in [0.15, 0.2) is 6.10 Å². The van der Waals surface area contributed by atoms with Crippen LogP contribution in [-0.2, 0) is 14.3 Å². The third kappa shape index (κ3) is 10.3. The summed E-state index contributed by atoms with van der Waals surface area (Å²) < 4.78 is 10.3. The lowest BCUT2D eigenvalue weighted by Gasteiger charge is -1.98. The fraction of sp³-hybridized carbons (Fsp3) is 0.750. The molecular weight excluding hydrogens is 288 g/mol.